The van der Waals surface area contributed by atoms with Crippen molar-refractivity contribution in [1.29, 1.82) is 0 Å². The summed E-state index contributed by atoms with van der Waals surface area (Å²) in [6, 6.07) is 15.1. The maximum Gasteiger partial charge on any atom is 0.433 e. The molecule has 2 aromatic carbocycles. The predicted octanol–water partition coefficient (Wildman–Crippen LogP) is 7.06. The normalized spacial score (nSPS) is 13.4. The molecule has 1 N–H and O–H groups in total. The lowest BCUT2D eigenvalue weighted by molar-refractivity contribution is -0.141. The molecule has 0 aliphatic heterocycles. The van der Waals surface area contributed by atoms with Gasteiger partial charge in [-0.15, -0.1) is 0 Å². The van der Waals surface area contributed by atoms with Crippen LogP contribution < -0.4 is 0 Å². The lowest BCUT2D eigenvalue weighted by atomic mass is 9.82. The largest absolute Gasteiger partial charge is 0.433 e. The zero-order chi connectivity index (χ0) is 30.5. The molecule has 1 atom stereocenters. The Bertz CT molecular complexity index is 1940. The number of rotatable bonds is 6. The summed E-state index contributed by atoms with van der Waals surface area (Å²) in [7, 11) is 1.68. The Kier molecular flexibility index (Phi) is 7.24. The smallest absolute Gasteiger partial charge is 0.374 e. The van der Waals surface area contributed by atoms with Crippen molar-refractivity contribution in [2.75, 3.05) is 0 Å². The number of pyridine rings is 2. The summed E-state index contributed by atoms with van der Waals surface area (Å²) < 4.78 is 43.2. The maximum atomic E-state index is 13.3. The van der Waals surface area contributed by atoms with Crippen molar-refractivity contribution in [2.24, 2.45) is 7.05 Å². The topological polar surface area (TPSA) is 81.7 Å². The SMILES string of the molecule is Cc1cc(C(O)(c2ccc(C(F)(F)F)nc2)c2cncn2C)cc2c(Cl)c(Cc3ccc(-n4cccn4)cc3)c(Cl)nc12. The Labute approximate surface area is 254 Å². The second-order valence-electron chi connectivity index (χ2n) is 10.2. The standard InChI is InChI=1S/C31H23Cl2F3N6O/c1-18-12-21(30(43,26-16-37-17-41(26)2)20-6-9-25(38-15-20)31(34,35)36)14-23-27(32)24(29(33)40-28(18)23)13-19-4-7-22(8-5-19)42-11-3-10-39-42/h3-12,14-17,43H,13H2,1-2H3. The van der Waals surface area contributed by atoms with Crippen molar-refractivity contribution in [3.05, 3.63) is 135 Å². The molecular weight excluding hydrogens is 600 g/mol. The number of aliphatic hydroxyl groups is 1. The second-order valence-corrected chi connectivity index (χ2v) is 10.9. The van der Waals surface area contributed by atoms with Crippen LogP contribution in [0.2, 0.25) is 10.2 Å². The summed E-state index contributed by atoms with van der Waals surface area (Å²) in [6.45, 7) is 1.80. The third-order valence-corrected chi connectivity index (χ3v) is 8.17. The number of alkyl halides is 3. The number of nitrogens with zero attached hydrogens (tertiary/aromatic N) is 6. The zero-order valence-corrected chi connectivity index (χ0v) is 24.3. The Balaban J connectivity index is 1.47. The van der Waals surface area contributed by atoms with E-state index in [0.717, 1.165) is 23.5 Å². The highest BCUT2D eigenvalue weighted by atomic mass is 35.5. The van der Waals surface area contributed by atoms with Gasteiger partial charge in [0.15, 0.2) is 5.60 Å². The van der Waals surface area contributed by atoms with Crippen LogP contribution in [-0.4, -0.2) is 34.4 Å². The molecule has 6 aromatic rings. The molecule has 0 amide bonds. The molecule has 7 nitrogen and oxygen atoms in total. The van der Waals surface area contributed by atoms with Gasteiger partial charge in [0, 0.05) is 48.6 Å². The maximum absolute atomic E-state index is 13.3. The number of aromatic nitrogens is 6. The van der Waals surface area contributed by atoms with E-state index >= 15 is 0 Å². The van der Waals surface area contributed by atoms with E-state index in [1.807, 2.05) is 36.5 Å². The van der Waals surface area contributed by atoms with Crippen molar-refractivity contribution < 1.29 is 18.3 Å². The first-order valence-corrected chi connectivity index (χ1v) is 13.8. The molecule has 0 bridgehead atoms. The van der Waals surface area contributed by atoms with E-state index in [0.29, 0.717) is 44.7 Å². The van der Waals surface area contributed by atoms with E-state index < -0.39 is 17.5 Å². The van der Waals surface area contributed by atoms with Gasteiger partial charge in [0.05, 0.1) is 34.4 Å². The van der Waals surface area contributed by atoms with Crippen LogP contribution in [0.3, 0.4) is 0 Å². The molecule has 4 heterocycles. The summed E-state index contributed by atoms with van der Waals surface area (Å²) in [5.74, 6) is 0. The Morgan fingerprint density at radius 3 is 2.35 bits per heavy atom. The molecule has 0 aliphatic carbocycles. The summed E-state index contributed by atoms with van der Waals surface area (Å²) >= 11 is 13.7. The predicted molar refractivity (Wildman–Crippen MR) is 157 cm³/mol. The molecule has 218 valence electrons. The highest BCUT2D eigenvalue weighted by Gasteiger charge is 2.39. The van der Waals surface area contributed by atoms with Crippen LogP contribution >= 0.6 is 23.2 Å². The molecule has 0 radical (unpaired) electrons. The van der Waals surface area contributed by atoms with Gasteiger partial charge in [-0.3, -0.25) is 4.98 Å². The second kappa shape index (κ2) is 10.8. The van der Waals surface area contributed by atoms with Gasteiger partial charge in [-0.25, -0.2) is 14.6 Å². The number of hydrogen-bond acceptors (Lipinski definition) is 5. The van der Waals surface area contributed by atoms with Gasteiger partial charge in [0.1, 0.15) is 10.8 Å². The highest BCUT2D eigenvalue weighted by Crippen LogP contribution is 2.41. The molecule has 4 aromatic heterocycles. The van der Waals surface area contributed by atoms with Crippen molar-refractivity contribution in [2.45, 2.75) is 25.1 Å². The van der Waals surface area contributed by atoms with Gasteiger partial charge in [-0.1, -0.05) is 47.5 Å². The van der Waals surface area contributed by atoms with E-state index in [4.69, 9.17) is 23.2 Å². The zero-order valence-electron chi connectivity index (χ0n) is 22.8. The summed E-state index contributed by atoms with van der Waals surface area (Å²) in [5, 5.41) is 17.7. The number of fused-ring (bicyclic) bond motifs is 1. The first-order valence-electron chi connectivity index (χ1n) is 13.1. The van der Waals surface area contributed by atoms with Crippen LogP contribution in [-0.2, 0) is 25.2 Å². The fourth-order valence-electron chi connectivity index (χ4n) is 5.21. The Morgan fingerprint density at radius 2 is 1.74 bits per heavy atom. The van der Waals surface area contributed by atoms with Crippen molar-refractivity contribution in [1.82, 2.24) is 29.3 Å². The number of imidazole rings is 1. The van der Waals surface area contributed by atoms with E-state index in [2.05, 4.69) is 20.1 Å². The summed E-state index contributed by atoms with van der Waals surface area (Å²) in [6.07, 6.45) is 3.29. The fourth-order valence-corrected chi connectivity index (χ4v) is 5.80. The minimum atomic E-state index is -4.63. The first kappa shape index (κ1) is 28.9. The molecule has 0 saturated heterocycles. The number of halogens is 5. The highest BCUT2D eigenvalue weighted by molar-refractivity contribution is 6.39. The third-order valence-electron chi connectivity index (χ3n) is 7.42. The number of benzene rings is 2. The molecule has 0 aliphatic rings. The molecule has 12 heteroatoms. The van der Waals surface area contributed by atoms with Crippen LogP contribution in [0.1, 0.15) is 39.2 Å². The quantitative estimate of drug-likeness (QED) is 0.201. The Hall–Kier alpha value is -4.25. The number of hydrogen-bond donors (Lipinski definition) is 1. The van der Waals surface area contributed by atoms with E-state index in [-0.39, 0.29) is 10.7 Å². The minimum absolute atomic E-state index is 0.124. The van der Waals surface area contributed by atoms with Crippen molar-refractivity contribution in [3.8, 4) is 5.69 Å². The van der Waals surface area contributed by atoms with Crippen LogP contribution in [0.4, 0.5) is 13.2 Å². The van der Waals surface area contributed by atoms with Gasteiger partial charge in [-0.2, -0.15) is 18.3 Å². The molecule has 0 saturated carbocycles. The monoisotopic (exact) mass is 622 g/mol. The van der Waals surface area contributed by atoms with Crippen LogP contribution in [0.25, 0.3) is 16.6 Å². The molecular formula is C31H23Cl2F3N6O. The van der Waals surface area contributed by atoms with Crippen LogP contribution in [0, 0.1) is 6.92 Å². The Morgan fingerprint density at radius 1 is 0.977 bits per heavy atom. The molecule has 1 unspecified atom stereocenters. The van der Waals surface area contributed by atoms with Gasteiger partial charge < -0.3 is 9.67 Å². The van der Waals surface area contributed by atoms with Gasteiger partial charge >= 0.3 is 6.18 Å². The number of aryl methyl sites for hydroxylation is 2. The third kappa shape index (κ3) is 5.15. The van der Waals surface area contributed by atoms with E-state index in [1.165, 1.54) is 18.6 Å². The molecule has 6 rings (SSSR count). The minimum Gasteiger partial charge on any atom is -0.374 e. The average Bonchev–Trinajstić information content (AvgIpc) is 3.68. The first-order chi connectivity index (χ1) is 20.5. The lowest BCUT2D eigenvalue weighted by Gasteiger charge is -2.30. The van der Waals surface area contributed by atoms with Gasteiger partial charge in [0.2, 0.25) is 0 Å². The lowest BCUT2D eigenvalue weighted by Crippen LogP contribution is -2.31. The van der Waals surface area contributed by atoms with Gasteiger partial charge in [0.25, 0.3) is 0 Å². The average molecular weight is 623 g/mol. The van der Waals surface area contributed by atoms with E-state index in [1.54, 1.807) is 41.5 Å². The summed E-state index contributed by atoms with van der Waals surface area (Å²) in [4.78, 5) is 12.4. The van der Waals surface area contributed by atoms with E-state index in [9.17, 15) is 18.3 Å². The van der Waals surface area contributed by atoms with Crippen molar-refractivity contribution in [3.63, 3.8) is 0 Å². The molecule has 0 spiro atoms. The van der Waals surface area contributed by atoms with Crippen LogP contribution in [0.5, 0.6) is 0 Å². The summed E-state index contributed by atoms with van der Waals surface area (Å²) in [5.41, 5.74) is 1.44. The molecule has 43 heavy (non-hydrogen) atoms. The molecule has 0 fully saturated rings. The van der Waals surface area contributed by atoms with Gasteiger partial charge in [-0.05, 0) is 53.9 Å². The fraction of sp³-hybridized carbons (Fsp3) is 0.161. The van der Waals surface area contributed by atoms with Crippen LogP contribution in [0.15, 0.2) is 85.7 Å². The van der Waals surface area contributed by atoms with Crippen molar-refractivity contribution >= 4 is 34.1 Å².